The Morgan fingerprint density at radius 2 is 1.88 bits per heavy atom. The van der Waals surface area contributed by atoms with Crippen molar-refractivity contribution in [2.45, 2.75) is 20.8 Å². The zero-order valence-electron chi connectivity index (χ0n) is 17.7. The number of esters is 1. The summed E-state index contributed by atoms with van der Waals surface area (Å²) in [6.07, 6.45) is 1.36. The maximum atomic E-state index is 12.3. The number of hydrogen-bond donors (Lipinski definition) is 1. The fraction of sp³-hybridized carbons (Fsp3) is 0.227. The molecule has 4 rings (SSSR count). The number of nitrogens with zero attached hydrogens (tertiary/aromatic N) is 3. The number of rotatable bonds is 6. The van der Waals surface area contributed by atoms with Gasteiger partial charge in [0.25, 0.3) is 5.91 Å². The number of nitrogens with one attached hydrogen (secondary N) is 1. The van der Waals surface area contributed by atoms with Crippen LogP contribution in [-0.2, 0) is 9.53 Å². The SMILES string of the molecule is CC(=O)c1cc2c(cc1NC(=O)COC(=O)c1ccc(-n3nc(C)cc3C)nc1)OCO2. The second kappa shape index (κ2) is 8.50. The minimum absolute atomic E-state index is 0.0358. The van der Waals surface area contributed by atoms with Gasteiger partial charge in [-0.1, -0.05) is 0 Å². The van der Waals surface area contributed by atoms with Crippen LogP contribution in [-0.4, -0.2) is 45.8 Å². The summed E-state index contributed by atoms with van der Waals surface area (Å²) in [5, 5.41) is 6.91. The molecule has 1 amide bonds. The van der Waals surface area contributed by atoms with Gasteiger partial charge in [0.2, 0.25) is 6.79 Å². The average molecular weight is 436 g/mol. The van der Waals surface area contributed by atoms with Crippen molar-refractivity contribution >= 4 is 23.3 Å². The Morgan fingerprint density at radius 1 is 1.12 bits per heavy atom. The van der Waals surface area contributed by atoms with Gasteiger partial charge >= 0.3 is 5.97 Å². The number of ketones is 1. The molecule has 1 aliphatic heterocycles. The first-order valence-corrected chi connectivity index (χ1v) is 9.73. The lowest BCUT2D eigenvalue weighted by Crippen LogP contribution is -2.22. The van der Waals surface area contributed by atoms with Gasteiger partial charge in [0.15, 0.2) is 29.7 Å². The number of fused-ring (bicyclic) bond motifs is 1. The predicted octanol–water partition coefficient (Wildman–Crippen LogP) is 2.61. The van der Waals surface area contributed by atoms with E-state index in [4.69, 9.17) is 14.2 Å². The van der Waals surface area contributed by atoms with Gasteiger partial charge in [-0.3, -0.25) is 9.59 Å². The molecule has 10 nitrogen and oxygen atoms in total. The normalized spacial score (nSPS) is 11.8. The number of pyridine rings is 1. The summed E-state index contributed by atoms with van der Waals surface area (Å²) >= 11 is 0. The van der Waals surface area contributed by atoms with Crippen molar-refractivity contribution < 1.29 is 28.6 Å². The summed E-state index contributed by atoms with van der Waals surface area (Å²) in [7, 11) is 0. The van der Waals surface area contributed by atoms with E-state index in [1.54, 1.807) is 16.8 Å². The molecule has 2 aromatic heterocycles. The van der Waals surface area contributed by atoms with Crippen molar-refractivity contribution in [2.24, 2.45) is 0 Å². The molecule has 0 saturated heterocycles. The Kier molecular flexibility index (Phi) is 5.59. The van der Waals surface area contributed by atoms with E-state index < -0.39 is 18.5 Å². The number of aryl methyl sites for hydroxylation is 2. The van der Waals surface area contributed by atoms with Crippen LogP contribution in [0.4, 0.5) is 5.69 Å². The lowest BCUT2D eigenvalue weighted by Gasteiger charge is -2.11. The quantitative estimate of drug-likeness (QED) is 0.462. The van der Waals surface area contributed by atoms with Crippen molar-refractivity contribution in [1.29, 1.82) is 0 Å². The average Bonchev–Trinajstić information content (AvgIpc) is 3.36. The third kappa shape index (κ3) is 4.29. The van der Waals surface area contributed by atoms with E-state index in [0.717, 1.165) is 11.4 Å². The molecule has 0 spiro atoms. The van der Waals surface area contributed by atoms with Gasteiger partial charge < -0.3 is 19.5 Å². The van der Waals surface area contributed by atoms with Gasteiger partial charge in [-0.15, -0.1) is 0 Å². The Morgan fingerprint density at radius 3 is 2.50 bits per heavy atom. The monoisotopic (exact) mass is 436 g/mol. The molecule has 3 aromatic rings. The molecule has 1 N–H and O–H groups in total. The van der Waals surface area contributed by atoms with Gasteiger partial charge in [-0.05, 0) is 45.0 Å². The molecular weight excluding hydrogens is 416 g/mol. The molecule has 0 aliphatic carbocycles. The number of carbonyl (C=O) groups excluding carboxylic acids is 3. The van der Waals surface area contributed by atoms with Crippen molar-refractivity contribution in [2.75, 3.05) is 18.7 Å². The van der Waals surface area contributed by atoms with Crippen LogP contribution in [0.2, 0.25) is 0 Å². The fourth-order valence-corrected chi connectivity index (χ4v) is 3.23. The molecular formula is C22H20N4O6. The van der Waals surface area contributed by atoms with Crippen LogP contribution in [0.5, 0.6) is 11.5 Å². The van der Waals surface area contributed by atoms with E-state index in [-0.39, 0.29) is 29.4 Å². The van der Waals surface area contributed by atoms with Gasteiger partial charge in [-0.25, -0.2) is 14.5 Å². The first kappa shape index (κ1) is 21.0. The molecule has 3 heterocycles. The van der Waals surface area contributed by atoms with E-state index >= 15 is 0 Å². The Bertz CT molecular complexity index is 1220. The standard InChI is InChI=1S/C22H20N4O6/c1-12-6-13(2)26(25-12)20-5-4-15(9-23-20)22(29)30-10-21(28)24-17-8-19-18(31-11-32-19)7-16(17)14(3)27/h4-9H,10-11H2,1-3H3,(H,24,28). The van der Waals surface area contributed by atoms with Crippen molar-refractivity contribution in [3.05, 3.63) is 59.0 Å². The molecule has 0 atom stereocenters. The topological polar surface area (TPSA) is 122 Å². The smallest absolute Gasteiger partial charge is 0.340 e. The van der Waals surface area contributed by atoms with Crippen LogP contribution in [0, 0.1) is 13.8 Å². The van der Waals surface area contributed by atoms with Crippen LogP contribution in [0.25, 0.3) is 5.82 Å². The zero-order chi connectivity index (χ0) is 22.8. The van der Waals surface area contributed by atoms with Gasteiger partial charge in [0.05, 0.1) is 16.9 Å². The molecule has 0 saturated carbocycles. The third-order valence-corrected chi connectivity index (χ3v) is 4.71. The molecule has 1 aliphatic rings. The number of benzene rings is 1. The number of carbonyl (C=O) groups is 3. The number of amides is 1. The van der Waals surface area contributed by atoms with Crippen LogP contribution in [0.1, 0.15) is 39.0 Å². The van der Waals surface area contributed by atoms with E-state index in [1.807, 2.05) is 19.9 Å². The number of ether oxygens (including phenoxy) is 3. The summed E-state index contributed by atoms with van der Waals surface area (Å²) in [4.78, 5) is 40.7. The first-order chi connectivity index (χ1) is 15.3. The molecule has 0 fully saturated rings. The van der Waals surface area contributed by atoms with Crippen LogP contribution in [0.3, 0.4) is 0 Å². The summed E-state index contributed by atoms with van der Waals surface area (Å²) in [5.74, 6) is -0.169. The molecule has 0 bridgehead atoms. The highest BCUT2D eigenvalue weighted by Gasteiger charge is 2.21. The van der Waals surface area contributed by atoms with E-state index in [2.05, 4.69) is 15.4 Å². The third-order valence-electron chi connectivity index (χ3n) is 4.71. The number of aromatic nitrogens is 3. The zero-order valence-corrected chi connectivity index (χ0v) is 17.7. The fourth-order valence-electron chi connectivity index (χ4n) is 3.23. The molecule has 0 radical (unpaired) electrons. The summed E-state index contributed by atoms with van der Waals surface area (Å²) in [6, 6.07) is 8.11. The number of hydrogen-bond acceptors (Lipinski definition) is 8. The molecule has 0 unspecified atom stereocenters. The highest BCUT2D eigenvalue weighted by Crippen LogP contribution is 2.37. The lowest BCUT2D eigenvalue weighted by molar-refractivity contribution is -0.119. The summed E-state index contributed by atoms with van der Waals surface area (Å²) in [6.45, 7) is 4.65. The van der Waals surface area contributed by atoms with E-state index in [9.17, 15) is 14.4 Å². The van der Waals surface area contributed by atoms with Gasteiger partial charge in [0, 0.05) is 23.5 Å². The molecule has 1 aromatic carbocycles. The van der Waals surface area contributed by atoms with Crippen LogP contribution in [0.15, 0.2) is 36.5 Å². The molecule has 10 heteroatoms. The summed E-state index contributed by atoms with van der Waals surface area (Å²) < 4.78 is 17.3. The first-order valence-electron chi connectivity index (χ1n) is 9.73. The van der Waals surface area contributed by atoms with Gasteiger partial charge in [-0.2, -0.15) is 5.10 Å². The second-order valence-electron chi connectivity index (χ2n) is 7.18. The number of anilines is 1. The van der Waals surface area contributed by atoms with Crippen molar-refractivity contribution in [3.8, 4) is 17.3 Å². The highest BCUT2D eigenvalue weighted by atomic mass is 16.7. The van der Waals surface area contributed by atoms with Crippen molar-refractivity contribution in [3.63, 3.8) is 0 Å². The molecule has 32 heavy (non-hydrogen) atoms. The number of Topliss-reactive ketones (excluding diaryl/α,β-unsaturated/α-hetero) is 1. The Labute approximate surface area is 183 Å². The van der Waals surface area contributed by atoms with Crippen LogP contribution >= 0.6 is 0 Å². The minimum Gasteiger partial charge on any atom is -0.454 e. The molecule has 164 valence electrons. The van der Waals surface area contributed by atoms with Crippen molar-refractivity contribution in [1.82, 2.24) is 14.8 Å². The maximum absolute atomic E-state index is 12.3. The van der Waals surface area contributed by atoms with Gasteiger partial charge in [0.1, 0.15) is 0 Å². The minimum atomic E-state index is -0.704. The maximum Gasteiger partial charge on any atom is 0.340 e. The highest BCUT2D eigenvalue weighted by molar-refractivity contribution is 6.05. The summed E-state index contributed by atoms with van der Waals surface area (Å²) in [5.41, 5.74) is 2.47. The largest absolute Gasteiger partial charge is 0.454 e. The Balaban J connectivity index is 1.39. The lowest BCUT2D eigenvalue weighted by atomic mass is 10.1. The predicted molar refractivity (Wildman–Crippen MR) is 112 cm³/mol. The van der Waals surface area contributed by atoms with E-state index in [1.165, 1.54) is 25.3 Å². The second-order valence-corrected chi connectivity index (χ2v) is 7.18. The van der Waals surface area contributed by atoms with Crippen LogP contribution < -0.4 is 14.8 Å². The van der Waals surface area contributed by atoms with E-state index in [0.29, 0.717) is 17.3 Å². The Hall–Kier alpha value is -4.21.